The fourth-order valence-electron chi connectivity index (χ4n) is 1.77. The molecule has 1 heterocycles. The van der Waals surface area contributed by atoms with Crippen molar-refractivity contribution in [3.8, 4) is 11.6 Å². The number of halogens is 1. The topological polar surface area (TPSA) is 48.4 Å². The van der Waals surface area contributed by atoms with Gasteiger partial charge in [0.15, 0.2) is 0 Å². The number of aromatic nitrogens is 1. The Balaban J connectivity index is 2.29. The maximum absolute atomic E-state index is 13.3. The molecule has 0 fully saturated rings. The van der Waals surface area contributed by atoms with E-state index in [1.165, 1.54) is 0 Å². The van der Waals surface area contributed by atoms with Crippen LogP contribution in [0.25, 0.3) is 0 Å². The number of rotatable bonds is 6. The highest BCUT2D eigenvalue weighted by Gasteiger charge is 2.17. The van der Waals surface area contributed by atoms with E-state index in [9.17, 15) is 9.18 Å². The van der Waals surface area contributed by atoms with E-state index >= 15 is 0 Å². The van der Waals surface area contributed by atoms with Crippen molar-refractivity contribution >= 4 is 17.7 Å². The van der Waals surface area contributed by atoms with E-state index in [4.69, 9.17) is 9.47 Å². The van der Waals surface area contributed by atoms with Gasteiger partial charge in [-0.05, 0) is 36.9 Å². The zero-order valence-electron chi connectivity index (χ0n) is 12.3. The van der Waals surface area contributed by atoms with E-state index in [1.807, 2.05) is 18.2 Å². The summed E-state index contributed by atoms with van der Waals surface area (Å²) in [6, 6.07) is 8.46. The van der Waals surface area contributed by atoms with Gasteiger partial charge in [-0.25, -0.2) is 14.2 Å². The lowest BCUT2D eigenvalue weighted by Crippen LogP contribution is -2.08. The molecule has 0 N–H and O–H groups in total. The Morgan fingerprint density at radius 2 is 2.14 bits per heavy atom. The second-order valence-electron chi connectivity index (χ2n) is 4.24. The fraction of sp³-hybridized carbons (Fsp3) is 0.250. The van der Waals surface area contributed by atoms with Crippen molar-refractivity contribution in [2.75, 3.05) is 12.4 Å². The minimum atomic E-state index is -0.663. The third-order valence-electron chi connectivity index (χ3n) is 2.64. The number of benzene rings is 1. The molecular weight excluding hydrogens is 305 g/mol. The van der Waals surface area contributed by atoms with E-state index in [1.54, 1.807) is 24.8 Å². The van der Waals surface area contributed by atoms with E-state index in [-0.39, 0.29) is 18.1 Å². The summed E-state index contributed by atoms with van der Waals surface area (Å²) < 4.78 is 23.8. The van der Waals surface area contributed by atoms with Gasteiger partial charge >= 0.3 is 5.97 Å². The molecule has 0 atom stereocenters. The molecular formula is C16H16FNO3S. The second kappa shape index (κ2) is 7.79. The van der Waals surface area contributed by atoms with Crippen molar-refractivity contribution in [1.82, 2.24) is 4.98 Å². The van der Waals surface area contributed by atoms with Crippen molar-refractivity contribution in [2.45, 2.75) is 18.7 Å². The highest BCUT2D eigenvalue weighted by atomic mass is 32.2. The van der Waals surface area contributed by atoms with Gasteiger partial charge in [-0.2, -0.15) is 0 Å². The minimum Gasteiger partial charge on any atom is -0.462 e. The number of pyridine rings is 1. The number of nitrogens with zero attached hydrogens (tertiary/aromatic N) is 1. The van der Waals surface area contributed by atoms with E-state index < -0.39 is 11.8 Å². The van der Waals surface area contributed by atoms with Crippen LogP contribution in [0.4, 0.5) is 4.39 Å². The Hall–Kier alpha value is -2.08. The van der Waals surface area contributed by atoms with Gasteiger partial charge in [0.25, 0.3) is 0 Å². The van der Waals surface area contributed by atoms with E-state index in [0.717, 1.165) is 22.9 Å². The normalized spacial score (nSPS) is 10.3. The molecule has 0 saturated carbocycles. The Labute approximate surface area is 132 Å². The molecule has 0 bridgehead atoms. The lowest BCUT2D eigenvalue weighted by Gasteiger charge is -2.10. The summed E-state index contributed by atoms with van der Waals surface area (Å²) in [6.45, 7) is 3.92. The third kappa shape index (κ3) is 4.21. The Morgan fingerprint density at radius 3 is 2.86 bits per heavy atom. The molecule has 1 aromatic carbocycles. The molecule has 116 valence electrons. The van der Waals surface area contributed by atoms with Crippen molar-refractivity contribution in [1.29, 1.82) is 0 Å². The molecule has 0 saturated heterocycles. The van der Waals surface area contributed by atoms with Gasteiger partial charge in [-0.3, -0.25) is 0 Å². The Morgan fingerprint density at radius 1 is 1.32 bits per heavy atom. The SMILES string of the molecule is CCOC(=O)c1cc(F)cnc1Oc1cccc(SCC)c1. The summed E-state index contributed by atoms with van der Waals surface area (Å²) in [7, 11) is 0. The lowest BCUT2D eigenvalue weighted by molar-refractivity contribution is 0.0522. The predicted octanol–water partition coefficient (Wildman–Crippen LogP) is 4.30. The van der Waals surface area contributed by atoms with Crippen molar-refractivity contribution in [3.63, 3.8) is 0 Å². The number of thioether (sulfide) groups is 1. The van der Waals surface area contributed by atoms with Crippen LogP contribution in [0.15, 0.2) is 41.4 Å². The zero-order valence-corrected chi connectivity index (χ0v) is 13.2. The van der Waals surface area contributed by atoms with Gasteiger partial charge in [0, 0.05) is 4.90 Å². The first-order chi connectivity index (χ1) is 10.6. The van der Waals surface area contributed by atoms with Crippen LogP contribution in [0.3, 0.4) is 0 Å². The molecule has 6 heteroatoms. The van der Waals surface area contributed by atoms with Crippen LogP contribution >= 0.6 is 11.8 Å². The standard InChI is InChI=1S/C16H16FNO3S/c1-3-20-16(19)14-8-11(17)10-18-15(14)21-12-6-5-7-13(9-12)22-4-2/h5-10H,3-4H2,1-2H3. The smallest absolute Gasteiger partial charge is 0.343 e. The molecule has 2 aromatic rings. The second-order valence-corrected chi connectivity index (χ2v) is 5.57. The van der Waals surface area contributed by atoms with Crippen molar-refractivity contribution in [2.24, 2.45) is 0 Å². The molecule has 0 radical (unpaired) electrons. The van der Waals surface area contributed by atoms with Gasteiger partial charge in [-0.15, -0.1) is 11.8 Å². The molecule has 0 aliphatic heterocycles. The summed E-state index contributed by atoms with van der Waals surface area (Å²) >= 11 is 1.67. The predicted molar refractivity (Wildman–Crippen MR) is 83.1 cm³/mol. The lowest BCUT2D eigenvalue weighted by atomic mass is 10.2. The highest BCUT2D eigenvalue weighted by Crippen LogP contribution is 2.28. The summed E-state index contributed by atoms with van der Waals surface area (Å²) in [6.07, 6.45) is 1.00. The molecule has 4 nitrogen and oxygen atoms in total. The minimum absolute atomic E-state index is 0.0264. The molecule has 22 heavy (non-hydrogen) atoms. The molecule has 0 unspecified atom stereocenters. The van der Waals surface area contributed by atoms with Crippen LogP contribution < -0.4 is 4.74 Å². The molecule has 2 rings (SSSR count). The first-order valence-electron chi connectivity index (χ1n) is 6.87. The number of esters is 1. The van der Waals surface area contributed by atoms with Gasteiger partial charge in [0.05, 0.1) is 12.8 Å². The van der Waals surface area contributed by atoms with Crippen molar-refractivity contribution in [3.05, 3.63) is 47.9 Å². The van der Waals surface area contributed by atoms with Crippen LogP contribution in [-0.2, 0) is 4.74 Å². The van der Waals surface area contributed by atoms with Gasteiger partial charge in [0.2, 0.25) is 5.88 Å². The number of carbonyl (C=O) groups excluding carboxylic acids is 1. The van der Waals surface area contributed by atoms with E-state index in [0.29, 0.717) is 5.75 Å². The number of carbonyl (C=O) groups is 1. The highest BCUT2D eigenvalue weighted by molar-refractivity contribution is 7.99. The van der Waals surface area contributed by atoms with Crippen molar-refractivity contribution < 1.29 is 18.7 Å². The molecule has 0 amide bonds. The third-order valence-corrected chi connectivity index (χ3v) is 3.52. The van der Waals surface area contributed by atoms with E-state index in [2.05, 4.69) is 11.9 Å². The first kappa shape index (κ1) is 16.3. The van der Waals surface area contributed by atoms with Crippen LogP contribution in [0.5, 0.6) is 11.6 Å². The average Bonchev–Trinajstić information content (AvgIpc) is 2.50. The molecule has 0 spiro atoms. The number of hydrogen-bond acceptors (Lipinski definition) is 5. The van der Waals surface area contributed by atoms with Crippen LogP contribution in [-0.4, -0.2) is 23.3 Å². The van der Waals surface area contributed by atoms with Gasteiger partial charge in [-0.1, -0.05) is 13.0 Å². The first-order valence-corrected chi connectivity index (χ1v) is 7.86. The molecule has 1 aromatic heterocycles. The maximum Gasteiger partial charge on any atom is 0.343 e. The van der Waals surface area contributed by atoms with Gasteiger partial charge in [0.1, 0.15) is 17.1 Å². The zero-order chi connectivity index (χ0) is 15.9. The number of hydrogen-bond donors (Lipinski definition) is 0. The average molecular weight is 321 g/mol. The summed E-state index contributed by atoms with van der Waals surface area (Å²) in [5.41, 5.74) is -0.0320. The maximum atomic E-state index is 13.3. The summed E-state index contributed by atoms with van der Waals surface area (Å²) in [4.78, 5) is 16.8. The Kier molecular flexibility index (Phi) is 5.77. The Bertz CT molecular complexity index is 664. The summed E-state index contributed by atoms with van der Waals surface area (Å²) in [5.74, 6) is 0.211. The van der Waals surface area contributed by atoms with Crippen LogP contribution in [0, 0.1) is 5.82 Å². The monoisotopic (exact) mass is 321 g/mol. The van der Waals surface area contributed by atoms with Crippen LogP contribution in [0.2, 0.25) is 0 Å². The quantitative estimate of drug-likeness (QED) is 0.586. The number of ether oxygens (including phenoxy) is 2. The molecule has 0 aliphatic carbocycles. The van der Waals surface area contributed by atoms with Crippen LogP contribution in [0.1, 0.15) is 24.2 Å². The summed E-state index contributed by atoms with van der Waals surface area (Å²) in [5, 5.41) is 0. The van der Waals surface area contributed by atoms with Gasteiger partial charge < -0.3 is 9.47 Å². The largest absolute Gasteiger partial charge is 0.462 e. The fourth-order valence-corrected chi connectivity index (χ4v) is 2.48. The molecule has 0 aliphatic rings.